The number of fused-ring (bicyclic) bond motifs is 1. The summed E-state index contributed by atoms with van der Waals surface area (Å²) in [5, 5.41) is 8.93. The van der Waals surface area contributed by atoms with Crippen LogP contribution in [0.15, 0.2) is 16.2 Å². The molecule has 0 bridgehead atoms. The maximum atomic E-state index is 12.2. The summed E-state index contributed by atoms with van der Waals surface area (Å²) in [4.78, 5) is 28.3. The molecule has 0 saturated carbocycles. The quantitative estimate of drug-likeness (QED) is 0.804. The van der Waals surface area contributed by atoms with E-state index in [2.05, 4.69) is 11.6 Å². The van der Waals surface area contributed by atoms with Gasteiger partial charge in [-0.1, -0.05) is 6.58 Å². The van der Waals surface area contributed by atoms with Crippen LogP contribution in [0.2, 0.25) is 0 Å². The number of hydrogen-bond donors (Lipinski definition) is 1. The summed E-state index contributed by atoms with van der Waals surface area (Å²) in [6, 6.07) is 0. The average molecular weight is 264 g/mol. The third-order valence-electron chi connectivity index (χ3n) is 3.10. The van der Waals surface area contributed by atoms with E-state index in [9.17, 15) is 9.59 Å². The van der Waals surface area contributed by atoms with Crippen LogP contribution in [-0.2, 0) is 20.6 Å². The molecule has 0 amide bonds. The third-order valence-corrected chi connectivity index (χ3v) is 3.10. The van der Waals surface area contributed by atoms with Crippen molar-refractivity contribution in [1.82, 2.24) is 18.7 Å². The van der Waals surface area contributed by atoms with Crippen LogP contribution in [0.4, 0.5) is 0 Å². The van der Waals surface area contributed by atoms with Crippen LogP contribution in [-0.4, -0.2) is 30.4 Å². The van der Waals surface area contributed by atoms with E-state index in [1.165, 1.54) is 17.7 Å². The molecule has 0 aliphatic rings. The molecule has 1 N–H and O–H groups in total. The number of nitrogens with zero attached hydrogens (tertiary/aromatic N) is 4. The van der Waals surface area contributed by atoms with Crippen molar-refractivity contribution >= 4 is 17.2 Å². The molecule has 0 unspecified atom stereocenters. The van der Waals surface area contributed by atoms with Crippen LogP contribution in [0.1, 0.15) is 12.2 Å². The molecule has 0 radical (unpaired) electrons. The van der Waals surface area contributed by atoms with Crippen molar-refractivity contribution in [1.29, 1.82) is 0 Å². The molecule has 0 atom stereocenters. The Hall–Kier alpha value is -2.15. The lowest BCUT2D eigenvalue weighted by molar-refractivity contribution is 0.280. The monoisotopic (exact) mass is 264 g/mol. The number of aliphatic hydroxyl groups excluding tert-OH is 1. The highest BCUT2D eigenvalue weighted by molar-refractivity contribution is 5.73. The lowest BCUT2D eigenvalue weighted by Crippen LogP contribution is -2.37. The van der Waals surface area contributed by atoms with E-state index in [0.29, 0.717) is 30.0 Å². The van der Waals surface area contributed by atoms with Gasteiger partial charge in [0.1, 0.15) is 5.82 Å². The molecule has 0 fully saturated rings. The van der Waals surface area contributed by atoms with Crippen molar-refractivity contribution in [3.8, 4) is 0 Å². The van der Waals surface area contributed by atoms with Crippen molar-refractivity contribution in [3.63, 3.8) is 0 Å². The normalized spacial score (nSPS) is 11.1. The van der Waals surface area contributed by atoms with E-state index in [1.54, 1.807) is 11.6 Å². The van der Waals surface area contributed by atoms with Gasteiger partial charge >= 0.3 is 5.69 Å². The maximum Gasteiger partial charge on any atom is 0.332 e. The molecule has 2 aromatic heterocycles. The number of hydrogen-bond acceptors (Lipinski definition) is 4. The van der Waals surface area contributed by atoms with Gasteiger partial charge in [0.15, 0.2) is 11.2 Å². The van der Waals surface area contributed by atoms with Gasteiger partial charge in [0, 0.05) is 27.2 Å². The summed E-state index contributed by atoms with van der Waals surface area (Å²) >= 11 is 0. The van der Waals surface area contributed by atoms with Gasteiger partial charge in [0.25, 0.3) is 5.56 Å². The molecule has 0 spiro atoms. The molecule has 0 aromatic carbocycles. The van der Waals surface area contributed by atoms with Gasteiger partial charge in [-0.05, 0) is 12.5 Å². The second-order valence-electron chi connectivity index (χ2n) is 4.28. The Morgan fingerprint density at radius 1 is 1.32 bits per heavy atom. The van der Waals surface area contributed by atoms with E-state index in [-0.39, 0.29) is 6.61 Å². The summed E-state index contributed by atoms with van der Waals surface area (Å²) in [7, 11) is 3.00. The summed E-state index contributed by atoms with van der Waals surface area (Å²) < 4.78 is 4.06. The van der Waals surface area contributed by atoms with Crippen LogP contribution in [0, 0.1) is 0 Å². The van der Waals surface area contributed by atoms with Crippen molar-refractivity contribution in [2.24, 2.45) is 14.1 Å². The Kier molecular flexibility index (Phi) is 3.39. The predicted molar refractivity (Wildman–Crippen MR) is 72.0 cm³/mol. The summed E-state index contributed by atoms with van der Waals surface area (Å²) in [5.41, 5.74) is -0.120. The third kappa shape index (κ3) is 1.91. The van der Waals surface area contributed by atoms with Gasteiger partial charge in [0.05, 0.1) is 0 Å². The first-order valence-electron chi connectivity index (χ1n) is 5.92. The van der Waals surface area contributed by atoms with E-state index < -0.39 is 11.2 Å². The number of aryl methyl sites for hydroxylation is 2. The molecule has 102 valence electrons. The Morgan fingerprint density at radius 2 is 2.00 bits per heavy atom. The fourth-order valence-electron chi connectivity index (χ4n) is 2.07. The van der Waals surface area contributed by atoms with Crippen LogP contribution < -0.4 is 11.2 Å². The van der Waals surface area contributed by atoms with Gasteiger partial charge in [-0.15, -0.1) is 0 Å². The molecule has 19 heavy (non-hydrogen) atoms. The minimum atomic E-state index is -0.417. The fraction of sp³-hybridized carbons (Fsp3) is 0.417. The van der Waals surface area contributed by atoms with Crippen LogP contribution >= 0.6 is 0 Å². The van der Waals surface area contributed by atoms with Gasteiger partial charge in [-0.3, -0.25) is 13.9 Å². The SMILES string of the molecule is C=Cc1nc2c(c(=O)n(C)c(=O)n2C)n1CCCO. The molecule has 2 aromatic rings. The van der Waals surface area contributed by atoms with Gasteiger partial charge in [0.2, 0.25) is 0 Å². The highest BCUT2D eigenvalue weighted by Crippen LogP contribution is 2.12. The topological polar surface area (TPSA) is 82.0 Å². The zero-order valence-electron chi connectivity index (χ0n) is 11.0. The summed E-state index contributed by atoms with van der Waals surface area (Å²) in [5.74, 6) is 0.516. The fourth-order valence-corrected chi connectivity index (χ4v) is 2.07. The van der Waals surface area contributed by atoms with E-state index >= 15 is 0 Å². The predicted octanol–water partition coefficient (Wildman–Crippen LogP) is -0.541. The minimum absolute atomic E-state index is 0.0162. The standard InChI is InChI=1S/C12H16N4O3/c1-4-8-13-10-9(16(8)6-5-7-17)11(18)15(3)12(19)14(10)2/h4,17H,1,5-7H2,2-3H3. The van der Waals surface area contributed by atoms with Crippen molar-refractivity contribution in [2.45, 2.75) is 13.0 Å². The first-order valence-corrected chi connectivity index (χ1v) is 5.92. The Bertz CT molecular complexity index is 751. The number of aliphatic hydroxyl groups is 1. The lowest BCUT2D eigenvalue weighted by atomic mass is 10.4. The number of rotatable bonds is 4. The lowest BCUT2D eigenvalue weighted by Gasteiger charge is -2.06. The second-order valence-corrected chi connectivity index (χ2v) is 4.28. The molecular formula is C12H16N4O3. The number of aromatic nitrogens is 4. The smallest absolute Gasteiger partial charge is 0.332 e. The molecular weight excluding hydrogens is 248 g/mol. The van der Waals surface area contributed by atoms with Crippen LogP contribution in [0.3, 0.4) is 0 Å². The highest BCUT2D eigenvalue weighted by atomic mass is 16.3. The van der Waals surface area contributed by atoms with Crippen molar-refractivity contribution < 1.29 is 5.11 Å². The summed E-state index contributed by atoms with van der Waals surface area (Å²) in [6.45, 7) is 4.12. The Balaban J connectivity index is 2.90. The Labute approximate surface area is 109 Å². The molecule has 2 heterocycles. The Morgan fingerprint density at radius 3 is 2.58 bits per heavy atom. The van der Waals surface area contributed by atoms with Crippen molar-refractivity contribution in [2.75, 3.05) is 6.61 Å². The highest BCUT2D eigenvalue weighted by Gasteiger charge is 2.17. The first-order chi connectivity index (χ1) is 9.02. The van der Waals surface area contributed by atoms with Gasteiger partial charge in [-0.2, -0.15) is 0 Å². The van der Waals surface area contributed by atoms with E-state index in [1.807, 2.05) is 0 Å². The minimum Gasteiger partial charge on any atom is -0.396 e. The zero-order chi connectivity index (χ0) is 14.2. The molecule has 0 aliphatic carbocycles. The number of imidazole rings is 1. The maximum absolute atomic E-state index is 12.2. The molecule has 0 aliphatic heterocycles. The molecule has 7 nitrogen and oxygen atoms in total. The molecule has 7 heteroatoms. The van der Waals surface area contributed by atoms with Crippen LogP contribution in [0.25, 0.3) is 17.2 Å². The average Bonchev–Trinajstić information content (AvgIpc) is 2.79. The largest absolute Gasteiger partial charge is 0.396 e. The molecule has 2 rings (SSSR count). The first kappa shape index (κ1) is 13.3. The van der Waals surface area contributed by atoms with Crippen LogP contribution in [0.5, 0.6) is 0 Å². The van der Waals surface area contributed by atoms with Gasteiger partial charge < -0.3 is 9.67 Å². The second kappa shape index (κ2) is 4.85. The van der Waals surface area contributed by atoms with Gasteiger partial charge in [-0.25, -0.2) is 9.78 Å². The summed E-state index contributed by atoms with van der Waals surface area (Å²) in [6.07, 6.45) is 2.03. The molecule has 0 saturated heterocycles. The van der Waals surface area contributed by atoms with E-state index in [4.69, 9.17) is 5.11 Å². The van der Waals surface area contributed by atoms with Crippen molar-refractivity contribution in [3.05, 3.63) is 33.2 Å². The zero-order valence-corrected chi connectivity index (χ0v) is 11.0. The van der Waals surface area contributed by atoms with E-state index in [0.717, 1.165) is 4.57 Å².